The van der Waals surface area contributed by atoms with E-state index in [9.17, 15) is 13.6 Å². The van der Waals surface area contributed by atoms with Crippen molar-refractivity contribution in [3.8, 4) is 5.75 Å². The third-order valence-corrected chi connectivity index (χ3v) is 4.66. The van der Waals surface area contributed by atoms with Gasteiger partial charge in [-0.1, -0.05) is 6.07 Å². The molecule has 1 unspecified atom stereocenters. The number of anilines is 1. The molecule has 0 aliphatic carbocycles. The maximum absolute atomic E-state index is 13.0. The number of methoxy groups -OCH3 is 1. The Bertz CT molecular complexity index is 1050. The average molecular weight is 432 g/mol. The number of halogens is 2. The van der Waals surface area contributed by atoms with E-state index in [0.717, 1.165) is 11.8 Å². The minimum absolute atomic E-state index is 0.0438. The highest BCUT2D eigenvalue weighted by atomic mass is 19.3. The maximum atomic E-state index is 13.0. The SMILES string of the molecule is COCCC(C)n1cc2cc(C(=O)Nc3cccc(C(F)F)n3)c(OC(C)C)cc2n1. The molecule has 166 valence electrons. The van der Waals surface area contributed by atoms with Gasteiger partial charge in [-0.3, -0.25) is 9.48 Å². The predicted molar refractivity (Wildman–Crippen MR) is 114 cm³/mol. The van der Waals surface area contributed by atoms with E-state index in [1.165, 1.54) is 18.2 Å². The quantitative estimate of drug-likeness (QED) is 0.515. The number of nitrogens with one attached hydrogen (secondary N) is 1. The van der Waals surface area contributed by atoms with Crippen molar-refractivity contribution in [2.45, 2.75) is 45.8 Å². The molecule has 1 atom stereocenters. The lowest BCUT2D eigenvalue weighted by Gasteiger charge is -2.14. The van der Waals surface area contributed by atoms with E-state index >= 15 is 0 Å². The zero-order valence-corrected chi connectivity index (χ0v) is 17.9. The summed E-state index contributed by atoms with van der Waals surface area (Å²) in [5.41, 5.74) is 0.557. The van der Waals surface area contributed by atoms with E-state index in [4.69, 9.17) is 9.47 Å². The molecule has 3 rings (SSSR count). The molecule has 0 aliphatic heterocycles. The molecule has 2 aromatic heterocycles. The van der Waals surface area contributed by atoms with Gasteiger partial charge in [0.15, 0.2) is 0 Å². The molecule has 0 fully saturated rings. The van der Waals surface area contributed by atoms with Crippen LogP contribution >= 0.6 is 0 Å². The van der Waals surface area contributed by atoms with Crippen LogP contribution in [0.2, 0.25) is 0 Å². The minimum atomic E-state index is -2.72. The lowest BCUT2D eigenvalue weighted by atomic mass is 10.1. The fourth-order valence-corrected chi connectivity index (χ4v) is 3.07. The largest absolute Gasteiger partial charge is 0.490 e. The van der Waals surface area contributed by atoms with Crippen LogP contribution in [0, 0.1) is 0 Å². The van der Waals surface area contributed by atoms with Crippen molar-refractivity contribution in [1.29, 1.82) is 0 Å². The summed E-state index contributed by atoms with van der Waals surface area (Å²) >= 11 is 0. The lowest BCUT2D eigenvalue weighted by molar-refractivity contribution is 0.102. The second-order valence-electron chi connectivity index (χ2n) is 7.52. The Morgan fingerprint density at radius 3 is 2.68 bits per heavy atom. The van der Waals surface area contributed by atoms with Gasteiger partial charge < -0.3 is 14.8 Å². The summed E-state index contributed by atoms with van der Waals surface area (Å²) in [6, 6.07) is 7.60. The Balaban J connectivity index is 1.94. The number of fused-ring (bicyclic) bond motifs is 1. The summed E-state index contributed by atoms with van der Waals surface area (Å²) in [7, 11) is 1.65. The van der Waals surface area contributed by atoms with Crippen LogP contribution < -0.4 is 10.1 Å². The second kappa shape index (κ2) is 9.82. The van der Waals surface area contributed by atoms with Crippen LogP contribution in [0.25, 0.3) is 10.9 Å². The molecule has 1 N–H and O–H groups in total. The van der Waals surface area contributed by atoms with Crippen molar-refractivity contribution in [1.82, 2.24) is 14.8 Å². The molecule has 31 heavy (non-hydrogen) atoms. The Morgan fingerprint density at radius 1 is 1.23 bits per heavy atom. The molecule has 2 heterocycles. The molecule has 3 aromatic rings. The number of pyridine rings is 1. The smallest absolute Gasteiger partial charge is 0.280 e. The van der Waals surface area contributed by atoms with Gasteiger partial charge in [-0.15, -0.1) is 0 Å². The van der Waals surface area contributed by atoms with Crippen LogP contribution in [0.15, 0.2) is 36.5 Å². The number of carbonyl (C=O) groups excluding carboxylic acids is 1. The fourth-order valence-electron chi connectivity index (χ4n) is 3.07. The van der Waals surface area contributed by atoms with Crippen LogP contribution in [0.4, 0.5) is 14.6 Å². The number of carbonyl (C=O) groups is 1. The molecular weight excluding hydrogens is 406 g/mol. The molecule has 9 heteroatoms. The number of rotatable bonds is 9. The van der Waals surface area contributed by atoms with Gasteiger partial charge in [-0.2, -0.15) is 5.10 Å². The van der Waals surface area contributed by atoms with Crippen molar-refractivity contribution in [2.24, 2.45) is 0 Å². The maximum Gasteiger partial charge on any atom is 0.280 e. The summed E-state index contributed by atoms with van der Waals surface area (Å²) in [5, 5.41) is 7.95. The molecule has 7 nitrogen and oxygen atoms in total. The molecule has 0 bridgehead atoms. The van der Waals surface area contributed by atoms with Crippen molar-refractivity contribution in [2.75, 3.05) is 19.0 Å². The molecule has 1 aromatic carbocycles. The third-order valence-electron chi connectivity index (χ3n) is 4.66. The monoisotopic (exact) mass is 432 g/mol. The van der Waals surface area contributed by atoms with E-state index in [1.54, 1.807) is 19.2 Å². The zero-order valence-electron chi connectivity index (χ0n) is 17.9. The van der Waals surface area contributed by atoms with Crippen molar-refractivity contribution in [3.63, 3.8) is 0 Å². The summed E-state index contributed by atoms with van der Waals surface area (Å²) < 4.78 is 38.6. The summed E-state index contributed by atoms with van der Waals surface area (Å²) in [6.07, 6.45) is -0.244. The number of hydrogen-bond acceptors (Lipinski definition) is 5. The highest BCUT2D eigenvalue weighted by Gasteiger charge is 2.19. The molecule has 0 aliphatic rings. The Hall–Kier alpha value is -3.07. The van der Waals surface area contributed by atoms with Gasteiger partial charge in [-0.25, -0.2) is 13.8 Å². The van der Waals surface area contributed by atoms with E-state index in [1.807, 2.05) is 31.6 Å². The molecular formula is C22H26F2N4O3. The van der Waals surface area contributed by atoms with Gasteiger partial charge in [0, 0.05) is 31.4 Å². The van der Waals surface area contributed by atoms with Crippen molar-refractivity contribution >= 4 is 22.6 Å². The van der Waals surface area contributed by atoms with Crippen LogP contribution in [0.1, 0.15) is 55.7 Å². The topological polar surface area (TPSA) is 78.3 Å². The number of alkyl halides is 2. The number of hydrogen-bond donors (Lipinski definition) is 1. The van der Waals surface area contributed by atoms with E-state index < -0.39 is 18.0 Å². The van der Waals surface area contributed by atoms with Gasteiger partial charge in [0.1, 0.15) is 17.3 Å². The molecule has 1 amide bonds. The van der Waals surface area contributed by atoms with Crippen LogP contribution in [0.5, 0.6) is 5.75 Å². The van der Waals surface area contributed by atoms with Crippen molar-refractivity contribution < 1.29 is 23.0 Å². The Morgan fingerprint density at radius 2 is 2.00 bits per heavy atom. The van der Waals surface area contributed by atoms with Gasteiger partial charge >= 0.3 is 0 Å². The van der Waals surface area contributed by atoms with Crippen LogP contribution in [0.3, 0.4) is 0 Å². The summed E-state index contributed by atoms with van der Waals surface area (Å²) in [6.45, 7) is 6.35. The van der Waals surface area contributed by atoms with E-state index in [2.05, 4.69) is 15.4 Å². The zero-order chi connectivity index (χ0) is 22.5. The van der Waals surface area contributed by atoms with Gasteiger partial charge in [0.05, 0.1) is 23.2 Å². The van der Waals surface area contributed by atoms with E-state index in [-0.39, 0.29) is 23.5 Å². The second-order valence-corrected chi connectivity index (χ2v) is 7.52. The number of ether oxygens (including phenoxy) is 2. The predicted octanol–water partition coefficient (Wildman–Crippen LogP) is 5.01. The molecule has 0 spiro atoms. The molecule has 0 radical (unpaired) electrons. The van der Waals surface area contributed by atoms with Gasteiger partial charge in [0.25, 0.3) is 12.3 Å². The number of nitrogens with zero attached hydrogens (tertiary/aromatic N) is 3. The first-order valence-corrected chi connectivity index (χ1v) is 10.0. The number of amides is 1. The first kappa shape index (κ1) is 22.6. The first-order valence-electron chi connectivity index (χ1n) is 10.0. The third kappa shape index (κ3) is 5.55. The van der Waals surface area contributed by atoms with E-state index in [0.29, 0.717) is 17.9 Å². The lowest BCUT2D eigenvalue weighted by Crippen LogP contribution is -2.16. The van der Waals surface area contributed by atoms with Gasteiger partial charge in [-0.05, 0) is 45.4 Å². The van der Waals surface area contributed by atoms with Gasteiger partial charge in [0.2, 0.25) is 0 Å². The Kier molecular flexibility index (Phi) is 7.17. The van der Waals surface area contributed by atoms with Crippen LogP contribution in [-0.4, -0.2) is 40.5 Å². The highest BCUT2D eigenvalue weighted by molar-refractivity contribution is 6.08. The molecule has 0 saturated heterocycles. The summed E-state index contributed by atoms with van der Waals surface area (Å²) in [5.74, 6) is -0.0984. The summed E-state index contributed by atoms with van der Waals surface area (Å²) in [4.78, 5) is 16.8. The normalized spacial score (nSPS) is 12.5. The standard InChI is InChI=1S/C22H26F2N4O3/c1-13(2)31-19-11-18-15(12-28(27-18)14(3)8-9-30-4)10-16(19)22(29)26-20-7-5-6-17(25-20)21(23)24/h5-7,10-14,21H,8-9H2,1-4H3,(H,25,26,29). The van der Waals surface area contributed by atoms with Crippen molar-refractivity contribution in [3.05, 3.63) is 47.8 Å². The van der Waals surface area contributed by atoms with Crippen LogP contribution in [-0.2, 0) is 4.74 Å². The first-order chi connectivity index (χ1) is 14.8. The fraction of sp³-hybridized carbons (Fsp3) is 0.409. The highest BCUT2D eigenvalue weighted by Crippen LogP contribution is 2.28. The minimum Gasteiger partial charge on any atom is -0.490 e. The number of benzene rings is 1. The Labute approximate surface area is 179 Å². The molecule has 0 saturated carbocycles. The average Bonchev–Trinajstić information content (AvgIpc) is 3.14. The number of aromatic nitrogens is 3.